The number of fused-ring (bicyclic) bond motifs is 1. The molecule has 0 radical (unpaired) electrons. The van der Waals surface area contributed by atoms with Gasteiger partial charge in [-0.1, -0.05) is 20.3 Å². The van der Waals surface area contributed by atoms with E-state index >= 15 is 0 Å². The highest BCUT2D eigenvalue weighted by molar-refractivity contribution is 7.98. The maximum atomic E-state index is 12.0. The van der Waals surface area contributed by atoms with Crippen LogP contribution in [-0.2, 0) is 20.1 Å². The fraction of sp³-hybridized carbons (Fsp3) is 0.480. The molecule has 0 spiro atoms. The number of unbranched alkanes of at least 4 members (excludes halogenated alkanes) is 2. The minimum Gasteiger partial charge on any atom is -0.508 e. The van der Waals surface area contributed by atoms with Crippen LogP contribution < -0.4 is 5.32 Å². The molecule has 1 aromatic heterocycles. The molecule has 2 aromatic rings. The zero-order chi connectivity index (χ0) is 24.0. The van der Waals surface area contributed by atoms with Crippen LogP contribution in [-0.4, -0.2) is 51.6 Å². The number of aromatic hydroxyl groups is 1. The van der Waals surface area contributed by atoms with Gasteiger partial charge in [0, 0.05) is 59.8 Å². The lowest BCUT2D eigenvalue weighted by Crippen LogP contribution is -2.30. The summed E-state index contributed by atoms with van der Waals surface area (Å²) in [6, 6.07) is 3.75. The molecule has 8 heteroatoms. The van der Waals surface area contributed by atoms with Gasteiger partial charge in [0.1, 0.15) is 5.75 Å². The summed E-state index contributed by atoms with van der Waals surface area (Å²) in [7, 11) is 0. The van der Waals surface area contributed by atoms with E-state index in [4.69, 9.17) is 0 Å². The number of aryl methyl sites for hydroxylation is 1. The van der Waals surface area contributed by atoms with Gasteiger partial charge in [0.2, 0.25) is 5.91 Å². The first-order chi connectivity index (χ1) is 15.8. The average Bonchev–Trinajstić information content (AvgIpc) is 3.27. The first-order valence-corrected chi connectivity index (χ1v) is 12.7. The third kappa shape index (κ3) is 6.19. The lowest BCUT2D eigenvalue weighted by atomic mass is 9.98. The van der Waals surface area contributed by atoms with Gasteiger partial charge in [0.25, 0.3) is 11.8 Å². The maximum absolute atomic E-state index is 12.0. The van der Waals surface area contributed by atoms with Crippen LogP contribution in [0.1, 0.15) is 62.3 Å². The molecule has 3 amide bonds. The Kier molecular flexibility index (Phi) is 8.61. The Hall–Kier alpha value is -2.74. The number of carbonyl (C=O) groups excluding carboxylic acids is 3. The summed E-state index contributed by atoms with van der Waals surface area (Å²) in [4.78, 5) is 39.7. The SMILES string of the molecule is Cc1[nH]c2c(CSCCNC(=O)CCCCCN3C(=O)C=CC3=O)c(O)ccc2c1C(C)C. The van der Waals surface area contributed by atoms with Crippen molar-refractivity contribution >= 4 is 40.4 Å². The van der Waals surface area contributed by atoms with Gasteiger partial charge in [-0.15, -0.1) is 0 Å². The summed E-state index contributed by atoms with van der Waals surface area (Å²) in [6.07, 6.45) is 5.23. The topological polar surface area (TPSA) is 103 Å². The van der Waals surface area contributed by atoms with Gasteiger partial charge in [-0.3, -0.25) is 19.3 Å². The molecule has 2 heterocycles. The van der Waals surface area contributed by atoms with Crippen molar-refractivity contribution in [2.24, 2.45) is 0 Å². The summed E-state index contributed by atoms with van der Waals surface area (Å²) < 4.78 is 0. The number of phenols is 1. The third-order valence-corrected chi connectivity index (χ3v) is 6.86. The largest absolute Gasteiger partial charge is 0.508 e. The van der Waals surface area contributed by atoms with Crippen molar-refractivity contribution in [2.45, 2.75) is 58.1 Å². The number of aromatic amines is 1. The summed E-state index contributed by atoms with van der Waals surface area (Å²) in [5.74, 6) is 1.62. The zero-order valence-corrected chi connectivity index (χ0v) is 20.4. The van der Waals surface area contributed by atoms with Crippen molar-refractivity contribution in [1.82, 2.24) is 15.2 Å². The van der Waals surface area contributed by atoms with Crippen LogP contribution in [0.2, 0.25) is 0 Å². The monoisotopic (exact) mass is 471 g/mol. The Morgan fingerprint density at radius 1 is 1.15 bits per heavy atom. The summed E-state index contributed by atoms with van der Waals surface area (Å²) in [6.45, 7) is 7.39. The second kappa shape index (κ2) is 11.4. The number of amides is 3. The number of hydrogen-bond acceptors (Lipinski definition) is 5. The van der Waals surface area contributed by atoms with E-state index in [1.807, 2.05) is 6.07 Å². The van der Waals surface area contributed by atoms with E-state index in [9.17, 15) is 19.5 Å². The number of nitrogens with zero attached hydrogens (tertiary/aromatic N) is 1. The molecule has 1 aliphatic rings. The fourth-order valence-corrected chi connectivity index (χ4v) is 5.15. The molecule has 0 unspecified atom stereocenters. The van der Waals surface area contributed by atoms with Crippen molar-refractivity contribution in [3.63, 3.8) is 0 Å². The van der Waals surface area contributed by atoms with Gasteiger partial charge in [-0.2, -0.15) is 11.8 Å². The van der Waals surface area contributed by atoms with Gasteiger partial charge >= 0.3 is 0 Å². The number of carbonyl (C=O) groups is 3. The first-order valence-electron chi connectivity index (χ1n) is 11.5. The van der Waals surface area contributed by atoms with Crippen LogP contribution in [0.25, 0.3) is 10.9 Å². The van der Waals surface area contributed by atoms with E-state index in [1.165, 1.54) is 28.0 Å². The summed E-state index contributed by atoms with van der Waals surface area (Å²) in [5.41, 5.74) is 4.34. The molecule has 1 aliphatic heterocycles. The lowest BCUT2D eigenvalue weighted by Gasteiger charge is -2.13. The van der Waals surface area contributed by atoms with Crippen molar-refractivity contribution in [1.29, 1.82) is 0 Å². The van der Waals surface area contributed by atoms with Crippen LogP contribution in [0.4, 0.5) is 0 Å². The van der Waals surface area contributed by atoms with Crippen LogP contribution in [0.5, 0.6) is 5.75 Å². The predicted molar refractivity (Wildman–Crippen MR) is 132 cm³/mol. The number of imide groups is 1. The summed E-state index contributed by atoms with van der Waals surface area (Å²) in [5, 5.41) is 14.5. The van der Waals surface area contributed by atoms with Crippen molar-refractivity contribution < 1.29 is 19.5 Å². The Bertz CT molecular complexity index is 1040. The van der Waals surface area contributed by atoms with Gasteiger partial charge in [0.05, 0.1) is 5.52 Å². The van der Waals surface area contributed by atoms with Crippen LogP contribution >= 0.6 is 11.8 Å². The zero-order valence-electron chi connectivity index (χ0n) is 19.6. The Balaban J connectivity index is 1.34. The van der Waals surface area contributed by atoms with E-state index < -0.39 is 0 Å². The minimum atomic E-state index is -0.258. The Morgan fingerprint density at radius 2 is 1.88 bits per heavy atom. The molecule has 7 nitrogen and oxygen atoms in total. The fourth-order valence-electron chi connectivity index (χ4n) is 4.26. The molecule has 1 aromatic carbocycles. The quantitative estimate of drug-likeness (QED) is 0.319. The second-order valence-corrected chi connectivity index (χ2v) is 9.78. The van der Waals surface area contributed by atoms with Crippen molar-refractivity contribution in [3.8, 4) is 5.75 Å². The van der Waals surface area contributed by atoms with Gasteiger partial charge in [-0.05, 0) is 43.4 Å². The van der Waals surface area contributed by atoms with Crippen LogP contribution in [0.3, 0.4) is 0 Å². The second-order valence-electron chi connectivity index (χ2n) is 8.68. The highest BCUT2D eigenvalue weighted by atomic mass is 32.2. The van der Waals surface area contributed by atoms with Crippen molar-refractivity contribution in [3.05, 3.63) is 41.1 Å². The molecule has 0 saturated carbocycles. The molecule has 0 saturated heterocycles. The van der Waals surface area contributed by atoms with Crippen LogP contribution in [0, 0.1) is 6.92 Å². The molecule has 33 heavy (non-hydrogen) atoms. The number of H-pyrrole nitrogens is 1. The lowest BCUT2D eigenvalue weighted by molar-refractivity contribution is -0.136. The van der Waals surface area contributed by atoms with Gasteiger partial charge < -0.3 is 15.4 Å². The molecule has 3 rings (SSSR count). The van der Waals surface area contributed by atoms with E-state index in [2.05, 4.69) is 31.1 Å². The molecule has 0 fully saturated rings. The van der Waals surface area contributed by atoms with E-state index in [-0.39, 0.29) is 17.7 Å². The minimum absolute atomic E-state index is 0.0112. The number of benzene rings is 1. The predicted octanol–water partition coefficient (Wildman–Crippen LogP) is 4.14. The van der Waals surface area contributed by atoms with E-state index in [0.717, 1.165) is 35.4 Å². The van der Waals surface area contributed by atoms with Crippen molar-refractivity contribution in [2.75, 3.05) is 18.8 Å². The number of nitrogens with one attached hydrogen (secondary N) is 2. The smallest absolute Gasteiger partial charge is 0.253 e. The highest BCUT2D eigenvalue weighted by Crippen LogP contribution is 2.35. The molecule has 178 valence electrons. The molecular formula is C25H33N3O4S. The van der Waals surface area contributed by atoms with E-state index in [1.54, 1.807) is 17.8 Å². The van der Waals surface area contributed by atoms with Crippen LogP contribution in [0.15, 0.2) is 24.3 Å². The molecule has 0 aliphatic carbocycles. The number of hydrogen-bond donors (Lipinski definition) is 3. The normalized spacial score (nSPS) is 13.6. The summed E-state index contributed by atoms with van der Waals surface area (Å²) >= 11 is 1.68. The third-order valence-electron chi connectivity index (χ3n) is 5.87. The van der Waals surface area contributed by atoms with Gasteiger partial charge in [-0.25, -0.2) is 0 Å². The number of rotatable bonds is 12. The number of phenolic OH excluding ortho intramolecular Hbond substituents is 1. The van der Waals surface area contributed by atoms with Gasteiger partial charge in [0.15, 0.2) is 0 Å². The first kappa shape index (κ1) is 24.9. The number of aromatic nitrogens is 1. The Labute approximate surface area is 199 Å². The molecule has 3 N–H and O–H groups in total. The number of thioether (sulfide) groups is 1. The average molecular weight is 472 g/mol. The molecule has 0 atom stereocenters. The Morgan fingerprint density at radius 3 is 2.58 bits per heavy atom. The molecular weight excluding hydrogens is 438 g/mol. The standard InChI is InChI=1S/C25H33N3O4S/c1-16(2)24-17(3)27-25-18(24)8-9-20(29)19(25)15-33-14-12-26-21(30)7-5-4-6-13-28-22(31)10-11-23(28)32/h8-11,16,27,29H,4-7,12-15H2,1-3H3,(H,26,30). The molecule has 0 bridgehead atoms. The van der Waals surface area contributed by atoms with E-state index in [0.29, 0.717) is 43.4 Å². The maximum Gasteiger partial charge on any atom is 0.253 e. The highest BCUT2D eigenvalue weighted by Gasteiger charge is 2.22.